The minimum Gasteiger partial charge on any atom is -0.483 e. The first kappa shape index (κ1) is 26.2. The van der Waals surface area contributed by atoms with Crippen LogP contribution in [0.3, 0.4) is 0 Å². The highest BCUT2D eigenvalue weighted by molar-refractivity contribution is 7.89. The predicted octanol–water partition coefficient (Wildman–Crippen LogP) is 2.92. The lowest BCUT2D eigenvalue weighted by molar-refractivity contribution is -0.122. The van der Waals surface area contributed by atoms with Gasteiger partial charge in [0.25, 0.3) is 12.9 Å². The second-order valence-electron chi connectivity index (χ2n) is 9.51. The van der Waals surface area contributed by atoms with E-state index in [9.17, 15) is 17.2 Å². The average Bonchev–Trinajstić information content (AvgIpc) is 3.25. The number of nitrogens with zero attached hydrogens (tertiary/aromatic N) is 5. The molecule has 37 heavy (non-hydrogen) atoms. The summed E-state index contributed by atoms with van der Waals surface area (Å²) in [6.07, 6.45) is 2.24. The van der Waals surface area contributed by atoms with Crippen molar-refractivity contribution >= 4 is 50.6 Å². The quantitative estimate of drug-likeness (QED) is 0.378. The number of halogens is 3. The van der Waals surface area contributed by atoms with Gasteiger partial charge in [-0.2, -0.15) is 0 Å². The molecule has 11 nitrogen and oxygen atoms in total. The molecule has 3 aliphatic heterocycles. The number of pyridine rings is 1. The number of carbonyl (C=O) groups is 1. The number of piperidine rings is 2. The summed E-state index contributed by atoms with van der Waals surface area (Å²) < 4.78 is 57.3. The predicted molar refractivity (Wildman–Crippen MR) is 133 cm³/mol. The summed E-state index contributed by atoms with van der Waals surface area (Å²) in [5.41, 5.74) is 0.722. The Hall–Kier alpha value is -2.46. The zero-order valence-corrected chi connectivity index (χ0v) is 22.0. The van der Waals surface area contributed by atoms with Gasteiger partial charge >= 0.3 is 0 Å². The zero-order valence-electron chi connectivity index (χ0n) is 19.6. The fourth-order valence-corrected chi connectivity index (χ4v) is 7.17. The Morgan fingerprint density at radius 3 is 2.62 bits per heavy atom. The number of aromatic nitrogens is 4. The van der Waals surface area contributed by atoms with E-state index in [4.69, 9.17) is 21.5 Å². The third kappa shape index (κ3) is 5.02. The first-order valence-corrected chi connectivity index (χ1v) is 14.2. The Morgan fingerprint density at radius 2 is 2.08 bits per heavy atom. The van der Waals surface area contributed by atoms with Crippen molar-refractivity contribution in [2.45, 2.75) is 61.6 Å². The number of piperazine rings is 1. The van der Waals surface area contributed by atoms with Crippen molar-refractivity contribution in [3.05, 3.63) is 22.4 Å². The Labute approximate surface area is 219 Å². The second-order valence-corrected chi connectivity index (χ2v) is 12.6. The molecular weight excluding hydrogens is 552 g/mol. The summed E-state index contributed by atoms with van der Waals surface area (Å²) in [6.45, 7) is 3.11. The summed E-state index contributed by atoms with van der Waals surface area (Å²) >= 11 is 7.28. The van der Waals surface area contributed by atoms with Gasteiger partial charge in [0.15, 0.2) is 21.0 Å². The van der Waals surface area contributed by atoms with Crippen molar-refractivity contribution in [3.63, 3.8) is 0 Å². The van der Waals surface area contributed by atoms with E-state index in [-0.39, 0.29) is 33.4 Å². The Morgan fingerprint density at radius 1 is 1.35 bits per heavy atom. The third-order valence-corrected chi connectivity index (χ3v) is 9.61. The first-order chi connectivity index (χ1) is 17.5. The molecule has 0 spiro atoms. The maximum atomic E-state index is 13.3. The van der Waals surface area contributed by atoms with Crippen molar-refractivity contribution in [1.29, 1.82) is 0 Å². The van der Waals surface area contributed by atoms with E-state index >= 15 is 0 Å². The molecule has 16 heteroatoms. The third-order valence-electron chi connectivity index (χ3n) is 6.81. The molecule has 3 N–H and O–H groups in total. The fraction of sp³-hybridized carbons (Fsp3) is 0.524. The summed E-state index contributed by atoms with van der Waals surface area (Å²) in [5, 5.41) is 17.7. The van der Waals surface area contributed by atoms with Gasteiger partial charge in [0.1, 0.15) is 10.4 Å². The van der Waals surface area contributed by atoms with Crippen molar-refractivity contribution in [1.82, 2.24) is 29.6 Å². The number of hydrogen-bond donors (Lipinski definition) is 3. The molecule has 2 bridgehead atoms. The molecule has 1 aliphatic carbocycles. The van der Waals surface area contributed by atoms with E-state index in [1.165, 1.54) is 6.20 Å². The van der Waals surface area contributed by atoms with Crippen LogP contribution in [0.15, 0.2) is 17.2 Å². The van der Waals surface area contributed by atoms with E-state index in [0.717, 1.165) is 32.2 Å². The van der Waals surface area contributed by atoms with Gasteiger partial charge in [-0.1, -0.05) is 22.9 Å². The molecule has 0 amide bonds. The number of anilines is 1. The minimum atomic E-state index is -3.86. The molecule has 0 radical (unpaired) electrons. The van der Waals surface area contributed by atoms with Crippen LogP contribution >= 0.6 is 22.9 Å². The number of sulfonamides is 1. The Balaban J connectivity index is 0.000000892. The standard InChI is InChI=1S/C20H22ClF2N7O2S2.CH2O2/c1-20(4-5-20)28-34(31,32)12-6-13(29-8-10-2-3-11(29)7-24-10)14-15(21)25-17(30(14)9-12)19-27-26-18(33-19)16(22)23;2-1-3/h6,9-11,16,24,28H,2-5,7-8H2,1H3;1H,(H,2,3). The van der Waals surface area contributed by atoms with Gasteiger partial charge in [-0.05, 0) is 38.7 Å². The van der Waals surface area contributed by atoms with Crippen LogP contribution in [-0.2, 0) is 14.8 Å². The van der Waals surface area contributed by atoms with Crippen LogP contribution in [0, 0.1) is 0 Å². The molecule has 3 aromatic heterocycles. The van der Waals surface area contributed by atoms with Crippen molar-refractivity contribution < 1.29 is 27.1 Å². The van der Waals surface area contributed by atoms with Crippen LogP contribution in [0.4, 0.5) is 14.5 Å². The molecule has 3 aromatic rings. The van der Waals surface area contributed by atoms with Gasteiger partial charge in [0.2, 0.25) is 10.0 Å². The lowest BCUT2D eigenvalue weighted by Crippen LogP contribution is -2.61. The SMILES string of the molecule is CC1(NS(=O)(=O)c2cc(N3CC4CCC3CN4)c3c(Cl)nc(-c4nnc(C(F)F)s4)n3c2)CC1.O=CO. The summed E-state index contributed by atoms with van der Waals surface area (Å²) in [7, 11) is -3.86. The van der Waals surface area contributed by atoms with Crippen LogP contribution in [0.1, 0.15) is 44.0 Å². The average molecular weight is 576 g/mol. The summed E-state index contributed by atoms with van der Waals surface area (Å²) in [4.78, 5) is 15.0. The largest absolute Gasteiger partial charge is 0.483 e. The number of nitrogens with one attached hydrogen (secondary N) is 2. The van der Waals surface area contributed by atoms with Crippen LogP contribution in [0.25, 0.3) is 16.3 Å². The van der Waals surface area contributed by atoms with Gasteiger partial charge in [-0.15, -0.1) is 10.2 Å². The molecule has 4 fully saturated rings. The maximum Gasteiger partial charge on any atom is 0.291 e. The molecule has 4 aliphatic rings. The van der Waals surface area contributed by atoms with Gasteiger partial charge in [-0.3, -0.25) is 9.20 Å². The van der Waals surface area contributed by atoms with Crippen molar-refractivity contribution in [3.8, 4) is 10.8 Å². The maximum absolute atomic E-state index is 13.3. The number of fused-ring (bicyclic) bond motifs is 4. The molecule has 7 rings (SSSR count). The fourth-order valence-electron chi connectivity index (χ4n) is 4.73. The summed E-state index contributed by atoms with van der Waals surface area (Å²) in [5.74, 6) is 0.181. The van der Waals surface area contributed by atoms with E-state index in [2.05, 4.69) is 30.1 Å². The molecule has 3 saturated heterocycles. The van der Waals surface area contributed by atoms with Crippen LogP contribution in [-0.4, -0.2) is 70.3 Å². The number of carboxylic acid groups (broad SMARTS) is 1. The van der Waals surface area contributed by atoms with Gasteiger partial charge in [0, 0.05) is 36.9 Å². The molecule has 200 valence electrons. The summed E-state index contributed by atoms with van der Waals surface area (Å²) in [6, 6.07) is 2.13. The zero-order chi connectivity index (χ0) is 26.5. The molecule has 0 aromatic carbocycles. The van der Waals surface area contributed by atoms with Crippen LogP contribution in [0.2, 0.25) is 5.15 Å². The molecule has 2 unspecified atom stereocenters. The lowest BCUT2D eigenvalue weighted by atomic mass is 9.92. The van der Waals surface area contributed by atoms with E-state index < -0.39 is 27.0 Å². The normalized spacial score (nSPS) is 22.2. The number of imidazole rings is 1. The monoisotopic (exact) mass is 575 g/mol. The lowest BCUT2D eigenvalue weighted by Gasteiger charge is -2.47. The number of rotatable bonds is 6. The highest BCUT2D eigenvalue weighted by Gasteiger charge is 2.42. The molecular formula is C21H24ClF2N7O4S2. The van der Waals surface area contributed by atoms with Gasteiger partial charge in [-0.25, -0.2) is 26.9 Å². The van der Waals surface area contributed by atoms with E-state index in [0.29, 0.717) is 35.1 Å². The highest BCUT2D eigenvalue weighted by atomic mass is 35.5. The molecule has 6 heterocycles. The highest BCUT2D eigenvalue weighted by Crippen LogP contribution is 2.40. The second kappa shape index (κ2) is 9.69. The van der Waals surface area contributed by atoms with Gasteiger partial charge < -0.3 is 15.3 Å². The van der Waals surface area contributed by atoms with Crippen LogP contribution in [0.5, 0.6) is 0 Å². The smallest absolute Gasteiger partial charge is 0.291 e. The Bertz CT molecular complexity index is 1440. The number of hydrogen-bond acceptors (Lipinski definition) is 9. The number of alkyl halides is 2. The Kier molecular flexibility index (Phi) is 6.85. The minimum absolute atomic E-state index is 0.0615. The molecule has 1 saturated carbocycles. The first-order valence-electron chi connectivity index (χ1n) is 11.5. The van der Waals surface area contributed by atoms with Gasteiger partial charge in [0.05, 0.1) is 5.69 Å². The topological polar surface area (TPSA) is 142 Å². The van der Waals surface area contributed by atoms with Crippen molar-refractivity contribution in [2.24, 2.45) is 0 Å². The van der Waals surface area contributed by atoms with E-state index in [1.807, 2.05) is 6.92 Å². The van der Waals surface area contributed by atoms with E-state index in [1.54, 1.807) is 10.5 Å². The van der Waals surface area contributed by atoms with Crippen LogP contribution < -0.4 is 14.9 Å². The molecule has 2 atom stereocenters. The van der Waals surface area contributed by atoms with Crippen molar-refractivity contribution in [2.75, 3.05) is 18.0 Å².